The van der Waals surface area contributed by atoms with Crippen LogP contribution in [-0.4, -0.2) is 5.60 Å². The first-order chi connectivity index (χ1) is 10.1. The number of ether oxygens (including phenoxy) is 1. The fraction of sp³-hybridized carbons (Fsp3) is 0.667. The lowest BCUT2D eigenvalue weighted by Crippen LogP contribution is -2.42. The van der Waals surface area contributed by atoms with Crippen LogP contribution in [0.1, 0.15) is 69.9 Å². The molecular weight excluding hydrogens is 326 g/mol. The van der Waals surface area contributed by atoms with Gasteiger partial charge in [0.2, 0.25) is 0 Å². The smallest absolute Gasteiger partial charge is 0.124 e. The molecule has 116 valence electrons. The van der Waals surface area contributed by atoms with E-state index in [1.165, 1.54) is 38.5 Å². The van der Waals surface area contributed by atoms with Gasteiger partial charge in [-0.05, 0) is 49.8 Å². The van der Waals surface area contributed by atoms with Crippen molar-refractivity contribution in [2.45, 2.75) is 69.9 Å². The lowest BCUT2D eigenvalue weighted by atomic mass is 9.82. The van der Waals surface area contributed by atoms with Crippen LogP contribution in [0.3, 0.4) is 0 Å². The highest BCUT2D eigenvalue weighted by atomic mass is 79.9. The molecule has 1 aromatic rings. The van der Waals surface area contributed by atoms with E-state index in [4.69, 9.17) is 10.5 Å². The first-order valence-corrected chi connectivity index (χ1v) is 9.15. The summed E-state index contributed by atoms with van der Waals surface area (Å²) < 4.78 is 7.57. The molecular formula is C18H26BrNO. The Labute approximate surface area is 136 Å². The maximum Gasteiger partial charge on any atom is 0.124 e. The standard InChI is InChI=1S/C18H26BrNO/c1-2-4-13-5-3-9-18(10-8-13)12-16(20)15-11-14(19)6-7-17(15)21-18/h6-7,11,13,16H,2-5,8-10,12,20H2,1H3/t13?,16-,18?/m1/s1. The van der Waals surface area contributed by atoms with Crippen molar-refractivity contribution in [2.75, 3.05) is 0 Å². The van der Waals surface area contributed by atoms with E-state index in [1.54, 1.807) is 0 Å². The van der Waals surface area contributed by atoms with Gasteiger partial charge in [-0.25, -0.2) is 0 Å². The molecule has 0 radical (unpaired) electrons. The Balaban J connectivity index is 1.79. The second kappa shape index (κ2) is 6.29. The molecule has 0 aromatic heterocycles. The summed E-state index contributed by atoms with van der Waals surface area (Å²) in [6.45, 7) is 2.29. The first-order valence-electron chi connectivity index (χ1n) is 8.36. The molecule has 2 N–H and O–H groups in total. The third kappa shape index (κ3) is 3.29. The summed E-state index contributed by atoms with van der Waals surface area (Å²) in [6.07, 6.45) is 9.91. The molecule has 0 amide bonds. The van der Waals surface area contributed by atoms with Crippen molar-refractivity contribution in [1.82, 2.24) is 0 Å². The largest absolute Gasteiger partial charge is 0.487 e. The van der Waals surface area contributed by atoms with Gasteiger partial charge >= 0.3 is 0 Å². The molecule has 3 heteroatoms. The molecule has 2 unspecified atom stereocenters. The molecule has 1 saturated carbocycles. The fourth-order valence-corrected chi connectivity index (χ4v) is 4.52. The topological polar surface area (TPSA) is 35.2 Å². The molecule has 1 spiro atoms. The predicted octanol–water partition coefficient (Wildman–Crippen LogP) is 5.35. The number of hydrogen-bond donors (Lipinski definition) is 1. The van der Waals surface area contributed by atoms with Crippen LogP contribution in [0, 0.1) is 5.92 Å². The van der Waals surface area contributed by atoms with Crippen molar-refractivity contribution in [3.8, 4) is 5.75 Å². The van der Waals surface area contributed by atoms with Crippen LogP contribution in [0.15, 0.2) is 22.7 Å². The fourth-order valence-electron chi connectivity index (χ4n) is 4.14. The molecule has 2 nitrogen and oxygen atoms in total. The average Bonchev–Trinajstić information content (AvgIpc) is 2.64. The van der Waals surface area contributed by atoms with E-state index in [0.717, 1.165) is 34.5 Å². The molecule has 0 bridgehead atoms. The Morgan fingerprint density at radius 1 is 1.33 bits per heavy atom. The molecule has 1 aliphatic carbocycles. The van der Waals surface area contributed by atoms with Gasteiger partial charge in [0.25, 0.3) is 0 Å². The van der Waals surface area contributed by atoms with Gasteiger partial charge in [0.15, 0.2) is 0 Å². The summed E-state index contributed by atoms with van der Waals surface area (Å²) in [6, 6.07) is 6.35. The summed E-state index contributed by atoms with van der Waals surface area (Å²) in [5.74, 6) is 1.89. The number of hydrogen-bond acceptors (Lipinski definition) is 2. The maximum atomic E-state index is 6.49. The molecule has 1 heterocycles. The minimum absolute atomic E-state index is 0.0112. The highest BCUT2D eigenvalue weighted by molar-refractivity contribution is 9.10. The van der Waals surface area contributed by atoms with Crippen LogP contribution in [0.2, 0.25) is 0 Å². The second-order valence-corrected chi connectivity index (χ2v) is 7.78. The lowest BCUT2D eigenvalue weighted by molar-refractivity contribution is 0.0202. The van der Waals surface area contributed by atoms with E-state index in [1.807, 2.05) is 0 Å². The van der Waals surface area contributed by atoms with Crippen molar-refractivity contribution in [1.29, 1.82) is 0 Å². The Bertz CT molecular complexity index is 504. The van der Waals surface area contributed by atoms with Crippen LogP contribution >= 0.6 is 15.9 Å². The third-order valence-corrected chi connectivity index (χ3v) is 5.73. The van der Waals surface area contributed by atoms with E-state index in [2.05, 4.69) is 41.1 Å². The molecule has 3 atom stereocenters. The molecule has 2 aliphatic rings. The Hall–Kier alpha value is -0.540. The van der Waals surface area contributed by atoms with Gasteiger partial charge in [-0.15, -0.1) is 0 Å². The number of halogens is 1. The van der Waals surface area contributed by atoms with Crippen molar-refractivity contribution in [3.63, 3.8) is 0 Å². The first kappa shape index (κ1) is 15.4. The van der Waals surface area contributed by atoms with E-state index in [9.17, 15) is 0 Å². The van der Waals surface area contributed by atoms with Gasteiger partial charge in [-0.2, -0.15) is 0 Å². The van der Waals surface area contributed by atoms with Gasteiger partial charge in [-0.3, -0.25) is 0 Å². The number of nitrogens with two attached hydrogens (primary N) is 1. The SMILES string of the molecule is CCCC1CCCC2(CC1)C[C@@H](N)c1cc(Br)ccc1O2. The average molecular weight is 352 g/mol. The van der Waals surface area contributed by atoms with Gasteiger partial charge < -0.3 is 10.5 Å². The zero-order valence-electron chi connectivity index (χ0n) is 12.9. The third-order valence-electron chi connectivity index (χ3n) is 5.24. The van der Waals surface area contributed by atoms with Crippen molar-refractivity contribution >= 4 is 15.9 Å². The minimum Gasteiger partial charge on any atom is -0.487 e. The van der Waals surface area contributed by atoms with Crippen LogP contribution < -0.4 is 10.5 Å². The monoisotopic (exact) mass is 351 g/mol. The number of benzene rings is 1. The molecule has 1 aliphatic heterocycles. The van der Waals surface area contributed by atoms with Crippen LogP contribution in [0.5, 0.6) is 5.75 Å². The minimum atomic E-state index is -0.0112. The maximum absolute atomic E-state index is 6.49. The van der Waals surface area contributed by atoms with Crippen LogP contribution in [0.25, 0.3) is 0 Å². The number of rotatable bonds is 2. The number of fused-ring (bicyclic) bond motifs is 1. The van der Waals surface area contributed by atoms with Crippen LogP contribution in [-0.2, 0) is 0 Å². The zero-order chi connectivity index (χ0) is 14.9. The summed E-state index contributed by atoms with van der Waals surface area (Å²) in [7, 11) is 0. The van der Waals surface area contributed by atoms with Crippen LogP contribution in [0.4, 0.5) is 0 Å². The van der Waals surface area contributed by atoms with E-state index in [-0.39, 0.29) is 11.6 Å². The Morgan fingerprint density at radius 3 is 3.00 bits per heavy atom. The van der Waals surface area contributed by atoms with E-state index >= 15 is 0 Å². The van der Waals surface area contributed by atoms with Gasteiger partial charge in [0.1, 0.15) is 11.4 Å². The molecule has 0 saturated heterocycles. The van der Waals surface area contributed by atoms with Crippen molar-refractivity contribution < 1.29 is 4.74 Å². The summed E-state index contributed by atoms with van der Waals surface area (Å²) in [4.78, 5) is 0. The summed E-state index contributed by atoms with van der Waals surface area (Å²) in [5.41, 5.74) is 7.61. The van der Waals surface area contributed by atoms with E-state index in [0.29, 0.717) is 0 Å². The predicted molar refractivity (Wildman–Crippen MR) is 90.5 cm³/mol. The normalized spacial score (nSPS) is 32.3. The van der Waals surface area contributed by atoms with Crippen molar-refractivity contribution in [2.24, 2.45) is 11.7 Å². The zero-order valence-corrected chi connectivity index (χ0v) is 14.5. The van der Waals surface area contributed by atoms with Gasteiger partial charge in [0.05, 0.1) is 0 Å². The molecule has 1 fully saturated rings. The molecule has 1 aromatic carbocycles. The second-order valence-electron chi connectivity index (χ2n) is 6.86. The quantitative estimate of drug-likeness (QED) is 0.779. The summed E-state index contributed by atoms with van der Waals surface area (Å²) in [5, 5.41) is 0. The Morgan fingerprint density at radius 2 is 2.19 bits per heavy atom. The highest BCUT2D eigenvalue weighted by Gasteiger charge is 2.41. The highest BCUT2D eigenvalue weighted by Crippen LogP contribution is 2.46. The lowest BCUT2D eigenvalue weighted by Gasteiger charge is -2.41. The molecule has 3 rings (SSSR count). The summed E-state index contributed by atoms with van der Waals surface area (Å²) >= 11 is 3.53. The van der Waals surface area contributed by atoms with Gasteiger partial charge in [-0.1, -0.05) is 42.1 Å². The van der Waals surface area contributed by atoms with Gasteiger partial charge in [0, 0.05) is 22.5 Å². The van der Waals surface area contributed by atoms with Crippen molar-refractivity contribution in [3.05, 3.63) is 28.2 Å². The molecule has 21 heavy (non-hydrogen) atoms. The van der Waals surface area contributed by atoms with E-state index < -0.39 is 0 Å². The Kier molecular flexibility index (Phi) is 4.60.